The Hall–Kier alpha value is -0.180. The van der Waals surface area contributed by atoms with Crippen LogP contribution >= 0.6 is 11.8 Å². The van der Waals surface area contributed by atoms with Crippen LogP contribution in [0, 0.1) is 5.41 Å². The summed E-state index contributed by atoms with van der Waals surface area (Å²) in [6.07, 6.45) is 2.45. The second kappa shape index (κ2) is 3.44. The monoisotopic (exact) mass is 212 g/mol. The number of hydrogen-bond acceptors (Lipinski definition) is 2. The van der Waals surface area contributed by atoms with E-state index in [2.05, 4.69) is 33.0 Å². The summed E-state index contributed by atoms with van der Waals surface area (Å²) in [5.74, 6) is 0. The Morgan fingerprint density at radius 2 is 2.21 bits per heavy atom. The Morgan fingerprint density at radius 1 is 1.57 bits per heavy atom. The van der Waals surface area contributed by atoms with Crippen molar-refractivity contribution in [2.75, 3.05) is 0 Å². The van der Waals surface area contributed by atoms with E-state index in [1.807, 2.05) is 11.8 Å². The summed E-state index contributed by atoms with van der Waals surface area (Å²) >= 11 is 1.91. The summed E-state index contributed by atoms with van der Waals surface area (Å²) in [4.78, 5) is 4.76. The van der Waals surface area contributed by atoms with Gasteiger partial charge in [-0.1, -0.05) is 39.5 Å². The number of aliphatic imine (C=N–C) groups is 1. The number of hydrogen-bond donors (Lipinski definition) is 1. The molecular formula is C11H20N2S. The summed E-state index contributed by atoms with van der Waals surface area (Å²) in [6.45, 7) is 9.11. The lowest BCUT2D eigenvalue weighted by Crippen LogP contribution is -2.29. The fraction of sp³-hybridized carbons (Fsp3) is 0.909. The van der Waals surface area contributed by atoms with E-state index >= 15 is 0 Å². The van der Waals surface area contributed by atoms with Gasteiger partial charge in [-0.3, -0.25) is 4.99 Å². The summed E-state index contributed by atoms with van der Waals surface area (Å²) in [5, 5.41) is 5.37. The maximum Gasteiger partial charge on any atom is 0.157 e. The van der Waals surface area contributed by atoms with Crippen LogP contribution in [0.3, 0.4) is 0 Å². The average molecular weight is 212 g/mol. The number of rotatable bonds is 2. The van der Waals surface area contributed by atoms with E-state index in [0.717, 1.165) is 0 Å². The minimum atomic E-state index is 0.461. The molecule has 1 N–H and O–H groups in total. The number of thioether (sulfide) groups is 1. The van der Waals surface area contributed by atoms with Gasteiger partial charge in [-0.2, -0.15) is 0 Å². The summed E-state index contributed by atoms with van der Waals surface area (Å²) in [7, 11) is 0. The topological polar surface area (TPSA) is 24.4 Å². The zero-order chi connectivity index (χ0) is 10.3. The molecule has 2 nitrogen and oxygen atoms in total. The van der Waals surface area contributed by atoms with E-state index in [9.17, 15) is 0 Å². The van der Waals surface area contributed by atoms with E-state index in [1.54, 1.807) is 0 Å². The van der Waals surface area contributed by atoms with Gasteiger partial charge < -0.3 is 5.32 Å². The Bertz CT molecular complexity index is 260. The molecule has 0 aromatic carbocycles. The van der Waals surface area contributed by atoms with Crippen molar-refractivity contribution in [1.82, 2.24) is 5.32 Å². The largest absolute Gasteiger partial charge is 0.361 e. The maximum absolute atomic E-state index is 4.76. The van der Waals surface area contributed by atoms with Gasteiger partial charge in [0.2, 0.25) is 0 Å². The van der Waals surface area contributed by atoms with Crippen molar-refractivity contribution in [1.29, 1.82) is 0 Å². The molecule has 2 aliphatic rings. The summed E-state index contributed by atoms with van der Waals surface area (Å²) in [6, 6.07) is 1.20. The zero-order valence-electron chi connectivity index (χ0n) is 9.50. The van der Waals surface area contributed by atoms with Crippen molar-refractivity contribution in [3.63, 3.8) is 0 Å². The molecule has 0 bridgehead atoms. The van der Waals surface area contributed by atoms with Gasteiger partial charge >= 0.3 is 0 Å². The number of amidine groups is 1. The first-order valence-corrected chi connectivity index (χ1v) is 6.42. The molecule has 3 atom stereocenters. The molecule has 1 aliphatic heterocycles. The Balaban J connectivity index is 1.95. The summed E-state index contributed by atoms with van der Waals surface area (Å²) in [5.41, 5.74) is 0.461. The smallest absolute Gasteiger partial charge is 0.157 e. The zero-order valence-corrected chi connectivity index (χ0v) is 10.3. The maximum atomic E-state index is 4.76. The second-order valence-corrected chi connectivity index (χ2v) is 6.49. The van der Waals surface area contributed by atoms with Gasteiger partial charge in [0.1, 0.15) is 0 Å². The highest BCUT2D eigenvalue weighted by atomic mass is 32.2. The van der Waals surface area contributed by atoms with E-state index in [4.69, 9.17) is 4.99 Å². The Morgan fingerprint density at radius 3 is 2.64 bits per heavy atom. The van der Waals surface area contributed by atoms with Crippen molar-refractivity contribution in [2.24, 2.45) is 10.4 Å². The van der Waals surface area contributed by atoms with Crippen molar-refractivity contribution in [3.05, 3.63) is 0 Å². The first-order valence-electron chi connectivity index (χ1n) is 5.54. The quantitative estimate of drug-likeness (QED) is 0.761. The third kappa shape index (κ3) is 1.92. The molecule has 1 saturated heterocycles. The molecular weight excluding hydrogens is 192 g/mol. The van der Waals surface area contributed by atoms with E-state index in [0.29, 0.717) is 22.7 Å². The van der Waals surface area contributed by atoms with Crippen LogP contribution < -0.4 is 5.32 Å². The van der Waals surface area contributed by atoms with Gasteiger partial charge in [0, 0.05) is 11.3 Å². The first-order chi connectivity index (χ1) is 6.53. The summed E-state index contributed by atoms with van der Waals surface area (Å²) < 4.78 is 0. The number of nitrogens with one attached hydrogen (secondary N) is 1. The van der Waals surface area contributed by atoms with Crippen LogP contribution in [0.5, 0.6) is 0 Å². The minimum absolute atomic E-state index is 0.461. The molecule has 1 saturated carbocycles. The molecule has 3 unspecified atom stereocenters. The fourth-order valence-electron chi connectivity index (χ4n) is 1.87. The lowest BCUT2D eigenvalue weighted by molar-refractivity contribution is 0.593. The lowest BCUT2D eigenvalue weighted by atomic mass is 10.2. The van der Waals surface area contributed by atoms with Crippen LogP contribution in [0.15, 0.2) is 4.99 Å². The highest BCUT2D eigenvalue weighted by Crippen LogP contribution is 2.48. The number of nitrogens with zero attached hydrogens (tertiary/aromatic N) is 1. The molecule has 14 heavy (non-hydrogen) atoms. The first kappa shape index (κ1) is 10.3. The van der Waals surface area contributed by atoms with Gasteiger partial charge in [0.15, 0.2) is 5.17 Å². The predicted octanol–water partition coefficient (Wildman–Crippen LogP) is 2.64. The molecule has 0 spiro atoms. The molecule has 80 valence electrons. The Labute approximate surface area is 90.9 Å². The van der Waals surface area contributed by atoms with Gasteiger partial charge in [-0.05, 0) is 18.3 Å². The molecule has 3 heteroatoms. The van der Waals surface area contributed by atoms with Crippen LogP contribution in [-0.4, -0.2) is 22.5 Å². The normalized spacial score (nSPS) is 42.6. The fourth-order valence-corrected chi connectivity index (χ4v) is 3.06. The van der Waals surface area contributed by atoms with E-state index < -0.39 is 0 Å². The predicted molar refractivity (Wildman–Crippen MR) is 63.9 cm³/mol. The van der Waals surface area contributed by atoms with E-state index in [1.165, 1.54) is 18.0 Å². The third-order valence-corrected chi connectivity index (χ3v) is 4.49. The Kier molecular flexibility index (Phi) is 2.54. The average Bonchev–Trinajstić information content (AvgIpc) is 2.55. The van der Waals surface area contributed by atoms with Crippen molar-refractivity contribution < 1.29 is 0 Å². The van der Waals surface area contributed by atoms with Gasteiger partial charge in [-0.25, -0.2) is 0 Å². The molecule has 2 rings (SSSR count). The highest BCUT2D eigenvalue weighted by Gasteiger charge is 2.46. The van der Waals surface area contributed by atoms with E-state index in [-0.39, 0.29) is 0 Å². The van der Waals surface area contributed by atoms with Crippen molar-refractivity contribution >= 4 is 16.9 Å². The van der Waals surface area contributed by atoms with Crippen LogP contribution in [-0.2, 0) is 0 Å². The lowest BCUT2D eigenvalue weighted by Gasteiger charge is -2.09. The van der Waals surface area contributed by atoms with Crippen LogP contribution in [0.4, 0.5) is 0 Å². The van der Waals surface area contributed by atoms with Crippen molar-refractivity contribution in [2.45, 2.75) is 57.9 Å². The minimum Gasteiger partial charge on any atom is -0.361 e. The molecule has 1 heterocycles. The molecule has 0 radical (unpaired) electrons. The van der Waals surface area contributed by atoms with Gasteiger partial charge in [0.25, 0.3) is 0 Å². The van der Waals surface area contributed by atoms with Crippen LogP contribution in [0.1, 0.15) is 40.5 Å². The van der Waals surface area contributed by atoms with Crippen LogP contribution in [0.25, 0.3) is 0 Å². The molecule has 0 aromatic rings. The third-order valence-electron chi connectivity index (χ3n) is 3.35. The molecule has 0 aromatic heterocycles. The SMILES string of the molecule is CCC1NC(=NC2CC2(C)C)SC1C. The molecule has 0 amide bonds. The molecule has 1 aliphatic carbocycles. The van der Waals surface area contributed by atoms with Crippen molar-refractivity contribution in [3.8, 4) is 0 Å². The van der Waals surface area contributed by atoms with Gasteiger partial charge in [0.05, 0.1) is 6.04 Å². The standard InChI is InChI=1S/C11H20N2S/c1-5-8-7(2)14-10(12-8)13-9-6-11(9,3)4/h7-9H,5-6H2,1-4H3,(H,12,13). The molecule has 2 fully saturated rings. The second-order valence-electron chi connectivity index (χ2n) is 5.12. The van der Waals surface area contributed by atoms with Crippen LogP contribution in [0.2, 0.25) is 0 Å². The van der Waals surface area contributed by atoms with Gasteiger partial charge in [-0.15, -0.1) is 0 Å². The highest BCUT2D eigenvalue weighted by molar-refractivity contribution is 8.14.